The quantitative estimate of drug-likeness (QED) is 0.316. The molecule has 16 heavy (non-hydrogen) atoms. The van der Waals surface area contributed by atoms with Crippen LogP contribution in [0, 0.1) is 0 Å². The van der Waals surface area contributed by atoms with Gasteiger partial charge in [0.15, 0.2) is 0 Å². The predicted octanol–water partition coefficient (Wildman–Crippen LogP) is 4.23. The summed E-state index contributed by atoms with van der Waals surface area (Å²) in [5.74, 6) is 0. The SMILES string of the molecule is CCCCCCC/C(=N/O)c1ccccc1. The summed E-state index contributed by atoms with van der Waals surface area (Å²) < 4.78 is 0. The Morgan fingerprint density at radius 1 is 1.06 bits per heavy atom. The Morgan fingerprint density at radius 3 is 2.38 bits per heavy atom. The highest BCUT2D eigenvalue weighted by Crippen LogP contribution is 2.10. The Hall–Kier alpha value is -1.31. The van der Waals surface area contributed by atoms with Crippen molar-refractivity contribution in [3.8, 4) is 0 Å². The first kappa shape index (κ1) is 12.8. The molecule has 2 nitrogen and oxygen atoms in total. The number of rotatable bonds is 7. The molecule has 0 amide bonds. The molecule has 1 N–H and O–H groups in total. The minimum Gasteiger partial charge on any atom is -0.411 e. The van der Waals surface area contributed by atoms with E-state index in [-0.39, 0.29) is 0 Å². The molecule has 0 atom stereocenters. The second-order valence-corrected chi connectivity index (χ2v) is 4.08. The van der Waals surface area contributed by atoms with E-state index in [4.69, 9.17) is 5.21 Å². The zero-order valence-electron chi connectivity index (χ0n) is 10.0. The highest BCUT2D eigenvalue weighted by molar-refractivity contribution is 6.00. The van der Waals surface area contributed by atoms with Crippen molar-refractivity contribution in [1.82, 2.24) is 0 Å². The maximum Gasteiger partial charge on any atom is 0.0867 e. The first-order valence-corrected chi connectivity index (χ1v) is 6.14. The summed E-state index contributed by atoms with van der Waals surface area (Å²) >= 11 is 0. The fraction of sp³-hybridized carbons (Fsp3) is 0.500. The average molecular weight is 219 g/mol. The summed E-state index contributed by atoms with van der Waals surface area (Å²) in [6.45, 7) is 2.21. The second-order valence-electron chi connectivity index (χ2n) is 4.08. The molecule has 0 saturated carbocycles. The van der Waals surface area contributed by atoms with Crippen LogP contribution in [0.3, 0.4) is 0 Å². The molecule has 0 spiro atoms. The van der Waals surface area contributed by atoms with E-state index in [0.717, 1.165) is 24.1 Å². The van der Waals surface area contributed by atoms with Crippen molar-refractivity contribution in [3.05, 3.63) is 35.9 Å². The van der Waals surface area contributed by atoms with Gasteiger partial charge in [-0.25, -0.2) is 0 Å². The highest BCUT2D eigenvalue weighted by atomic mass is 16.4. The summed E-state index contributed by atoms with van der Waals surface area (Å²) in [6, 6.07) is 9.89. The molecule has 1 aromatic carbocycles. The van der Waals surface area contributed by atoms with Crippen molar-refractivity contribution < 1.29 is 5.21 Å². The molecule has 0 aromatic heterocycles. The van der Waals surface area contributed by atoms with E-state index < -0.39 is 0 Å². The lowest BCUT2D eigenvalue weighted by Gasteiger charge is -2.04. The van der Waals surface area contributed by atoms with E-state index in [9.17, 15) is 0 Å². The molecule has 0 fully saturated rings. The lowest BCUT2D eigenvalue weighted by molar-refractivity contribution is 0.317. The van der Waals surface area contributed by atoms with Gasteiger partial charge in [-0.05, 0) is 18.4 Å². The number of unbranched alkanes of at least 4 members (excludes halogenated alkanes) is 4. The summed E-state index contributed by atoms with van der Waals surface area (Å²) in [7, 11) is 0. The van der Waals surface area contributed by atoms with Gasteiger partial charge >= 0.3 is 0 Å². The van der Waals surface area contributed by atoms with Gasteiger partial charge in [0.2, 0.25) is 0 Å². The average Bonchev–Trinajstić information content (AvgIpc) is 2.35. The highest BCUT2D eigenvalue weighted by Gasteiger charge is 2.02. The van der Waals surface area contributed by atoms with Gasteiger partial charge in [-0.15, -0.1) is 0 Å². The Bertz CT molecular complexity index is 306. The summed E-state index contributed by atoms with van der Waals surface area (Å²) in [5, 5.41) is 12.4. The number of hydrogen-bond donors (Lipinski definition) is 1. The standard InChI is InChI=1S/C14H21NO/c1-2-3-4-5-9-12-14(15-16)13-10-7-6-8-11-13/h6-8,10-11,16H,2-5,9,12H2,1H3/b15-14-. The third-order valence-corrected chi connectivity index (χ3v) is 2.74. The number of hydrogen-bond acceptors (Lipinski definition) is 2. The maximum absolute atomic E-state index is 8.97. The topological polar surface area (TPSA) is 32.6 Å². The molecule has 0 aliphatic rings. The Labute approximate surface area is 98.0 Å². The van der Waals surface area contributed by atoms with Crippen LogP contribution < -0.4 is 0 Å². The molecule has 0 unspecified atom stereocenters. The van der Waals surface area contributed by atoms with Crippen LogP contribution in [0.25, 0.3) is 0 Å². The normalized spacial score (nSPS) is 11.7. The van der Waals surface area contributed by atoms with Gasteiger partial charge in [-0.2, -0.15) is 0 Å². The minimum absolute atomic E-state index is 0.803. The van der Waals surface area contributed by atoms with E-state index >= 15 is 0 Å². The van der Waals surface area contributed by atoms with Crippen molar-refractivity contribution in [2.45, 2.75) is 45.4 Å². The van der Waals surface area contributed by atoms with Crippen molar-refractivity contribution in [2.75, 3.05) is 0 Å². The summed E-state index contributed by atoms with van der Waals surface area (Å²) in [6.07, 6.45) is 7.04. The third kappa shape index (κ3) is 4.47. The first-order valence-electron chi connectivity index (χ1n) is 6.14. The largest absolute Gasteiger partial charge is 0.411 e. The zero-order chi connectivity index (χ0) is 11.6. The fourth-order valence-electron chi connectivity index (χ4n) is 1.78. The van der Waals surface area contributed by atoms with Crippen LogP contribution in [0.15, 0.2) is 35.5 Å². The zero-order valence-corrected chi connectivity index (χ0v) is 10.0. The lowest BCUT2D eigenvalue weighted by atomic mass is 10.0. The van der Waals surface area contributed by atoms with E-state index in [1.807, 2.05) is 30.3 Å². The predicted molar refractivity (Wildman–Crippen MR) is 68.1 cm³/mol. The van der Waals surface area contributed by atoms with Crippen molar-refractivity contribution in [3.63, 3.8) is 0 Å². The van der Waals surface area contributed by atoms with Crippen molar-refractivity contribution in [1.29, 1.82) is 0 Å². The van der Waals surface area contributed by atoms with Crippen LogP contribution in [0.1, 0.15) is 51.0 Å². The molecule has 0 heterocycles. The minimum atomic E-state index is 0.803. The maximum atomic E-state index is 8.97. The summed E-state index contributed by atoms with van der Waals surface area (Å²) in [4.78, 5) is 0. The van der Waals surface area contributed by atoms with Gasteiger partial charge < -0.3 is 5.21 Å². The number of nitrogens with zero attached hydrogens (tertiary/aromatic N) is 1. The van der Waals surface area contributed by atoms with Gasteiger partial charge in [0.1, 0.15) is 0 Å². The van der Waals surface area contributed by atoms with Crippen LogP contribution in [-0.4, -0.2) is 10.9 Å². The molecule has 88 valence electrons. The van der Waals surface area contributed by atoms with Crippen LogP contribution in [-0.2, 0) is 0 Å². The molecular formula is C14H21NO. The van der Waals surface area contributed by atoms with Gasteiger partial charge in [-0.1, -0.05) is 68.1 Å². The molecule has 0 saturated heterocycles. The van der Waals surface area contributed by atoms with Gasteiger partial charge in [0.25, 0.3) is 0 Å². The lowest BCUT2D eigenvalue weighted by Crippen LogP contribution is -2.00. The van der Waals surface area contributed by atoms with Crippen molar-refractivity contribution >= 4 is 5.71 Å². The van der Waals surface area contributed by atoms with E-state index in [0.29, 0.717) is 0 Å². The summed E-state index contributed by atoms with van der Waals surface area (Å²) in [5.41, 5.74) is 1.83. The first-order chi connectivity index (χ1) is 7.88. The molecular weight excluding hydrogens is 198 g/mol. The molecule has 0 aliphatic heterocycles. The van der Waals surface area contributed by atoms with E-state index in [1.165, 1.54) is 25.7 Å². The molecule has 2 heteroatoms. The Kier molecular flexibility index (Phi) is 6.31. The fourth-order valence-corrected chi connectivity index (χ4v) is 1.78. The molecule has 1 aromatic rings. The molecule has 1 rings (SSSR count). The molecule has 0 radical (unpaired) electrons. The molecule has 0 aliphatic carbocycles. The third-order valence-electron chi connectivity index (χ3n) is 2.74. The Morgan fingerprint density at radius 2 is 1.75 bits per heavy atom. The van der Waals surface area contributed by atoms with Crippen LogP contribution in [0.4, 0.5) is 0 Å². The molecule has 0 bridgehead atoms. The van der Waals surface area contributed by atoms with Crippen LogP contribution >= 0.6 is 0 Å². The number of benzene rings is 1. The monoisotopic (exact) mass is 219 g/mol. The Balaban J connectivity index is 2.34. The van der Waals surface area contributed by atoms with Crippen LogP contribution in [0.2, 0.25) is 0 Å². The van der Waals surface area contributed by atoms with Gasteiger partial charge in [-0.3, -0.25) is 0 Å². The van der Waals surface area contributed by atoms with Gasteiger partial charge in [0, 0.05) is 0 Å². The van der Waals surface area contributed by atoms with E-state index in [1.54, 1.807) is 0 Å². The smallest absolute Gasteiger partial charge is 0.0867 e. The van der Waals surface area contributed by atoms with Crippen molar-refractivity contribution in [2.24, 2.45) is 5.16 Å². The van der Waals surface area contributed by atoms with E-state index in [2.05, 4.69) is 12.1 Å². The van der Waals surface area contributed by atoms with Gasteiger partial charge in [0.05, 0.1) is 5.71 Å². The number of oxime groups is 1. The van der Waals surface area contributed by atoms with Crippen LogP contribution in [0.5, 0.6) is 0 Å². The second kappa shape index (κ2) is 7.91.